The summed E-state index contributed by atoms with van der Waals surface area (Å²) in [5.74, 6) is -0.122. The number of carboxylic acids is 1. The number of carbonyl (C=O) groups excluding carboxylic acids is 2. The highest BCUT2D eigenvalue weighted by Crippen LogP contribution is 2.26. The molecule has 0 radical (unpaired) electrons. The van der Waals surface area contributed by atoms with Crippen LogP contribution in [0.1, 0.15) is 45.4 Å². The summed E-state index contributed by atoms with van der Waals surface area (Å²) >= 11 is 1.25. The second kappa shape index (κ2) is 10.5. The van der Waals surface area contributed by atoms with E-state index in [2.05, 4.69) is 10.6 Å². The van der Waals surface area contributed by atoms with Gasteiger partial charge < -0.3 is 15.7 Å². The summed E-state index contributed by atoms with van der Waals surface area (Å²) in [6.45, 7) is 2.07. The molecule has 0 bridgehead atoms. The van der Waals surface area contributed by atoms with Gasteiger partial charge in [-0.3, -0.25) is 14.4 Å². The smallest absolute Gasteiger partial charge is 0.313 e. The quantitative estimate of drug-likeness (QED) is 0.555. The first-order chi connectivity index (χ1) is 10.5. The predicted molar refractivity (Wildman–Crippen MR) is 86.8 cm³/mol. The standard InChI is InChI=1S/C15H26N2O4S/c1-11(15(21)16-7-8-22-10-14(19)20)17-13(18)9-12-5-3-2-4-6-12/h11-12H,2-10H2,1H3,(H,16,21)(H,17,18)(H,19,20). The van der Waals surface area contributed by atoms with Gasteiger partial charge in [0.1, 0.15) is 6.04 Å². The van der Waals surface area contributed by atoms with E-state index in [0.717, 1.165) is 12.8 Å². The molecule has 0 aromatic heterocycles. The monoisotopic (exact) mass is 330 g/mol. The van der Waals surface area contributed by atoms with Gasteiger partial charge in [-0.25, -0.2) is 0 Å². The molecule has 1 aliphatic carbocycles. The maximum Gasteiger partial charge on any atom is 0.313 e. The Labute approximate surface area is 135 Å². The highest BCUT2D eigenvalue weighted by molar-refractivity contribution is 7.99. The Kier molecular flexibility index (Phi) is 8.96. The zero-order valence-electron chi connectivity index (χ0n) is 13.1. The molecule has 0 spiro atoms. The number of thioether (sulfide) groups is 1. The molecule has 6 nitrogen and oxygen atoms in total. The average molecular weight is 330 g/mol. The van der Waals surface area contributed by atoms with Crippen molar-refractivity contribution in [2.24, 2.45) is 5.92 Å². The Morgan fingerprint density at radius 1 is 1.23 bits per heavy atom. The molecule has 22 heavy (non-hydrogen) atoms. The Morgan fingerprint density at radius 3 is 2.55 bits per heavy atom. The number of aliphatic carboxylic acids is 1. The predicted octanol–water partition coefficient (Wildman–Crippen LogP) is 1.40. The largest absolute Gasteiger partial charge is 0.481 e. The van der Waals surface area contributed by atoms with Gasteiger partial charge in [-0.15, -0.1) is 11.8 Å². The molecule has 0 aliphatic heterocycles. The molecule has 1 fully saturated rings. The summed E-state index contributed by atoms with van der Waals surface area (Å²) in [6, 6.07) is -0.555. The molecule has 7 heteroatoms. The maximum atomic E-state index is 11.9. The van der Waals surface area contributed by atoms with Gasteiger partial charge in [0.05, 0.1) is 5.75 Å². The molecule has 0 heterocycles. The Bertz CT molecular complexity index is 384. The van der Waals surface area contributed by atoms with Gasteiger partial charge in [-0.05, 0) is 25.7 Å². The number of carboxylic acid groups (broad SMARTS) is 1. The Morgan fingerprint density at radius 2 is 1.91 bits per heavy atom. The summed E-state index contributed by atoms with van der Waals surface area (Å²) < 4.78 is 0. The second-order valence-corrected chi connectivity index (χ2v) is 6.84. The van der Waals surface area contributed by atoms with Crippen LogP contribution in [0.4, 0.5) is 0 Å². The van der Waals surface area contributed by atoms with Crippen LogP contribution < -0.4 is 10.6 Å². The van der Waals surface area contributed by atoms with E-state index in [1.54, 1.807) is 6.92 Å². The molecule has 3 N–H and O–H groups in total. The van der Waals surface area contributed by atoms with Crippen LogP contribution in [-0.4, -0.2) is 47.0 Å². The molecular weight excluding hydrogens is 304 g/mol. The molecular formula is C15H26N2O4S. The van der Waals surface area contributed by atoms with E-state index in [9.17, 15) is 14.4 Å². The van der Waals surface area contributed by atoms with Crippen molar-refractivity contribution in [1.29, 1.82) is 0 Å². The third-order valence-corrected chi connectivity index (χ3v) is 4.68. The van der Waals surface area contributed by atoms with E-state index in [1.165, 1.54) is 31.0 Å². The van der Waals surface area contributed by atoms with Crippen molar-refractivity contribution in [3.63, 3.8) is 0 Å². The lowest BCUT2D eigenvalue weighted by Crippen LogP contribution is -2.45. The molecule has 1 aliphatic rings. The summed E-state index contributed by atoms with van der Waals surface area (Å²) in [7, 11) is 0. The summed E-state index contributed by atoms with van der Waals surface area (Å²) in [4.78, 5) is 34.1. The Balaban J connectivity index is 2.14. The lowest BCUT2D eigenvalue weighted by atomic mass is 9.87. The first kappa shape index (κ1) is 18.8. The van der Waals surface area contributed by atoms with E-state index in [0.29, 0.717) is 24.6 Å². The molecule has 126 valence electrons. The van der Waals surface area contributed by atoms with Crippen molar-refractivity contribution in [2.75, 3.05) is 18.1 Å². The molecule has 0 aromatic rings. The summed E-state index contributed by atoms with van der Waals surface area (Å²) in [5.41, 5.74) is 0. The lowest BCUT2D eigenvalue weighted by Gasteiger charge is -2.22. The van der Waals surface area contributed by atoms with Crippen LogP contribution in [0, 0.1) is 5.92 Å². The van der Waals surface area contributed by atoms with E-state index in [1.807, 2.05) is 0 Å². The SMILES string of the molecule is CC(NC(=O)CC1CCCCC1)C(=O)NCCSCC(=O)O. The van der Waals surface area contributed by atoms with E-state index < -0.39 is 12.0 Å². The minimum absolute atomic E-state index is 0.0313. The number of nitrogens with one attached hydrogen (secondary N) is 2. The van der Waals surface area contributed by atoms with Gasteiger partial charge in [0.2, 0.25) is 11.8 Å². The number of carbonyl (C=O) groups is 3. The van der Waals surface area contributed by atoms with Gasteiger partial charge >= 0.3 is 5.97 Å². The molecule has 1 atom stereocenters. The second-order valence-electron chi connectivity index (χ2n) is 5.73. The highest BCUT2D eigenvalue weighted by atomic mass is 32.2. The molecule has 0 saturated heterocycles. The number of amides is 2. The third-order valence-electron chi connectivity index (χ3n) is 3.74. The molecule has 1 rings (SSSR count). The lowest BCUT2D eigenvalue weighted by molar-refractivity contribution is -0.134. The minimum Gasteiger partial charge on any atom is -0.481 e. The van der Waals surface area contributed by atoms with Crippen molar-refractivity contribution < 1.29 is 19.5 Å². The fraction of sp³-hybridized carbons (Fsp3) is 0.800. The van der Waals surface area contributed by atoms with Crippen LogP contribution in [0.15, 0.2) is 0 Å². The van der Waals surface area contributed by atoms with Crippen molar-refractivity contribution in [1.82, 2.24) is 10.6 Å². The first-order valence-electron chi connectivity index (χ1n) is 7.85. The fourth-order valence-electron chi connectivity index (χ4n) is 2.58. The van der Waals surface area contributed by atoms with E-state index >= 15 is 0 Å². The average Bonchev–Trinajstić information content (AvgIpc) is 2.47. The van der Waals surface area contributed by atoms with E-state index in [4.69, 9.17) is 5.11 Å². The van der Waals surface area contributed by atoms with Crippen LogP contribution in [0.2, 0.25) is 0 Å². The molecule has 1 saturated carbocycles. The van der Waals surface area contributed by atoms with Gasteiger partial charge in [0.25, 0.3) is 0 Å². The number of rotatable bonds is 9. The number of hydrogen-bond acceptors (Lipinski definition) is 4. The molecule has 1 unspecified atom stereocenters. The van der Waals surface area contributed by atoms with Crippen molar-refractivity contribution in [3.05, 3.63) is 0 Å². The third kappa shape index (κ3) is 8.26. The van der Waals surface area contributed by atoms with Crippen LogP contribution in [-0.2, 0) is 14.4 Å². The first-order valence-corrected chi connectivity index (χ1v) is 9.01. The molecule has 2 amide bonds. The zero-order chi connectivity index (χ0) is 16.4. The zero-order valence-corrected chi connectivity index (χ0v) is 13.9. The van der Waals surface area contributed by atoms with Crippen molar-refractivity contribution >= 4 is 29.5 Å². The van der Waals surface area contributed by atoms with Crippen molar-refractivity contribution in [2.45, 2.75) is 51.5 Å². The van der Waals surface area contributed by atoms with E-state index in [-0.39, 0.29) is 17.6 Å². The van der Waals surface area contributed by atoms with Gasteiger partial charge in [0.15, 0.2) is 0 Å². The normalized spacial score (nSPS) is 16.8. The number of hydrogen-bond donors (Lipinski definition) is 3. The topological polar surface area (TPSA) is 95.5 Å². The minimum atomic E-state index is -0.861. The maximum absolute atomic E-state index is 11.9. The Hall–Kier alpha value is -1.24. The van der Waals surface area contributed by atoms with Gasteiger partial charge in [-0.2, -0.15) is 0 Å². The van der Waals surface area contributed by atoms with Crippen LogP contribution in [0.5, 0.6) is 0 Å². The highest BCUT2D eigenvalue weighted by Gasteiger charge is 2.20. The van der Waals surface area contributed by atoms with Crippen LogP contribution >= 0.6 is 11.8 Å². The van der Waals surface area contributed by atoms with Gasteiger partial charge in [0, 0.05) is 18.7 Å². The fourth-order valence-corrected chi connectivity index (χ4v) is 3.14. The summed E-state index contributed by atoms with van der Waals surface area (Å²) in [5, 5.41) is 13.9. The van der Waals surface area contributed by atoms with Crippen LogP contribution in [0.3, 0.4) is 0 Å². The molecule has 0 aromatic carbocycles. The van der Waals surface area contributed by atoms with Gasteiger partial charge in [-0.1, -0.05) is 19.3 Å². The van der Waals surface area contributed by atoms with Crippen LogP contribution in [0.25, 0.3) is 0 Å². The summed E-state index contributed by atoms with van der Waals surface area (Å²) in [6.07, 6.45) is 6.37. The van der Waals surface area contributed by atoms with Crippen molar-refractivity contribution in [3.8, 4) is 0 Å².